The average molecular weight is 291 g/mol. The zero-order chi connectivity index (χ0) is 10.8. The molecule has 0 fully saturated rings. The molecule has 0 aliphatic heterocycles. The van der Waals surface area contributed by atoms with Crippen LogP contribution >= 0.6 is 27.5 Å². The molecule has 0 aliphatic carbocycles. The summed E-state index contributed by atoms with van der Waals surface area (Å²) in [7, 11) is 0. The minimum Gasteiger partial charge on any atom is -0.439 e. The first-order valence-electron chi connectivity index (χ1n) is 4.17. The predicted octanol–water partition coefficient (Wildman–Crippen LogP) is 3.98. The molecular formula is C10H6BrClFNO. The summed E-state index contributed by atoms with van der Waals surface area (Å²) in [4.78, 5) is 3.91. The number of alkyl halides is 1. The molecule has 0 saturated carbocycles. The van der Waals surface area contributed by atoms with Crippen LogP contribution in [0.15, 0.2) is 33.3 Å². The highest BCUT2D eigenvalue weighted by atomic mass is 79.9. The minimum atomic E-state index is -0.360. The molecule has 0 N–H and O–H groups in total. The summed E-state index contributed by atoms with van der Waals surface area (Å²) in [5.41, 5.74) is 0.362. The highest BCUT2D eigenvalue weighted by Gasteiger charge is 2.13. The van der Waals surface area contributed by atoms with Gasteiger partial charge in [0.1, 0.15) is 5.82 Å². The van der Waals surface area contributed by atoms with Crippen molar-refractivity contribution in [3.63, 3.8) is 0 Å². The van der Waals surface area contributed by atoms with E-state index >= 15 is 0 Å². The number of hydrogen-bond acceptors (Lipinski definition) is 2. The van der Waals surface area contributed by atoms with Gasteiger partial charge in [0.05, 0.1) is 17.6 Å². The lowest BCUT2D eigenvalue weighted by Gasteiger charge is -2.01. The van der Waals surface area contributed by atoms with Crippen molar-refractivity contribution in [1.29, 1.82) is 0 Å². The lowest BCUT2D eigenvalue weighted by atomic mass is 10.2. The van der Waals surface area contributed by atoms with Crippen LogP contribution in [0.4, 0.5) is 4.39 Å². The van der Waals surface area contributed by atoms with Crippen LogP contribution in [0, 0.1) is 5.82 Å². The molecule has 78 valence electrons. The van der Waals surface area contributed by atoms with E-state index in [0.29, 0.717) is 21.7 Å². The molecule has 0 bridgehead atoms. The Hall–Kier alpha value is -0.870. The van der Waals surface area contributed by atoms with Crippen LogP contribution in [-0.4, -0.2) is 4.98 Å². The number of aromatic nitrogens is 1. The highest BCUT2D eigenvalue weighted by Crippen LogP contribution is 2.31. The molecule has 15 heavy (non-hydrogen) atoms. The molecule has 1 heterocycles. The van der Waals surface area contributed by atoms with E-state index in [1.54, 1.807) is 12.1 Å². The van der Waals surface area contributed by atoms with Gasteiger partial charge in [-0.05, 0) is 28.1 Å². The average Bonchev–Trinajstić information content (AvgIpc) is 2.66. The van der Waals surface area contributed by atoms with Gasteiger partial charge in [0, 0.05) is 4.47 Å². The van der Waals surface area contributed by atoms with Gasteiger partial charge in [0.25, 0.3) is 0 Å². The van der Waals surface area contributed by atoms with Crippen molar-refractivity contribution >= 4 is 27.5 Å². The number of nitrogens with zero attached hydrogens (tertiary/aromatic N) is 1. The first kappa shape index (κ1) is 10.6. The van der Waals surface area contributed by atoms with Gasteiger partial charge in [-0.3, -0.25) is 0 Å². The lowest BCUT2D eigenvalue weighted by molar-refractivity contribution is 0.523. The molecule has 0 atom stereocenters. The van der Waals surface area contributed by atoms with Crippen molar-refractivity contribution in [2.24, 2.45) is 0 Å². The minimum absolute atomic E-state index is 0.173. The Morgan fingerprint density at radius 2 is 2.27 bits per heavy atom. The standard InChI is InChI=1S/C10H6BrClFNO/c11-6-2-1-3-7(13)10(6)8-5-14-9(4-12)15-8/h1-3,5H,4H2. The largest absolute Gasteiger partial charge is 0.439 e. The smallest absolute Gasteiger partial charge is 0.209 e. The number of halogens is 3. The summed E-state index contributed by atoms with van der Waals surface area (Å²) >= 11 is 8.80. The van der Waals surface area contributed by atoms with Crippen molar-refractivity contribution in [2.45, 2.75) is 5.88 Å². The molecular weight excluding hydrogens is 284 g/mol. The molecule has 2 nitrogen and oxygen atoms in total. The van der Waals surface area contributed by atoms with Crippen molar-refractivity contribution in [1.82, 2.24) is 4.98 Å². The topological polar surface area (TPSA) is 26.0 Å². The van der Waals surface area contributed by atoms with Gasteiger partial charge in [0.2, 0.25) is 5.89 Å². The van der Waals surface area contributed by atoms with E-state index < -0.39 is 0 Å². The van der Waals surface area contributed by atoms with E-state index in [2.05, 4.69) is 20.9 Å². The fraction of sp³-hybridized carbons (Fsp3) is 0.100. The van der Waals surface area contributed by atoms with Crippen molar-refractivity contribution < 1.29 is 8.81 Å². The predicted molar refractivity (Wildman–Crippen MR) is 59.2 cm³/mol. The van der Waals surface area contributed by atoms with Gasteiger partial charge >= 0.3 is 0 Å². The Morgan fingerprint density at radius 3 is 2.87 bits per heavy atom. The van der Waals surface area contributed by atoms with Gasteiger partial charge in [-0.1, -0.05) is 6.07 Å². The number of oxazole rings is 1. The number of hydrogen-bond donors (Lipinski definition) is 0. The third-order valence-corrected chi connectivity index (χ3v) is 2.77. The molecule has 0 unspecified atom stereocenters. The van der Waals surface area contributed by atoms with E-state index in [0.717, 1.165) is 0 Å². The van der Waals surface area contributed by atoms with Gasteiger partial charge in [0.15, 0.2) is 5.76 Å². The van der Waals surface area contributed by atoms with E-state index in [1.807, 2.05) is 0 Å². The molecule has 5 heteroatoms. The Balaban J connectivity index is 2.53. The first-order chi connectivity index (χ1) is 7.22. The molecule has 2 rings (SSSR count). The van der Waals surface area contributed by atoms with Gasteiger partial charge in [-0.2, -0.15) is 0 Å². The van der Waals surface area contributed by atoms with E-state index in [4.69, 9.17) is 16.0 Å². The normalized spacial score (nSPS) is 10.6. The molecule has 1 aromatic carbocycles. The third-order valence-electron chi connectivity index (χ3n) is 1.88. The second-order valence-corrected chi connectivity index (χ2v) is 3.97. The Labute approximate surface area is 99.2 Å². The third kappa shape index (κ3) is 2.06. The zero-order valence-corrected chi connectivity index (χ0v) is 9.85. The Kier molecular flexibility index (Phi) is 3.07. The molecule has 0 aliphatic rings. The van der Waals surface area contributed by atoms with Crippen LogP contribution in [0.1, 0.15) is 5.89 Å². The SMILES string of the molecule is Fc1cccc(Br)c1-c1cnc(CCl)o1. The maximum Gasteiger partial charge on any atom is 0.209 e. The molecule has 0 amide bonds. The lowest BCUT2D eigenvalue weighted by Crippen LogP contribution is -1.83. The van der Waals surface area contributed by atoms with Crippen LogP contribution < -0.4 is 0 Å². The second kappa shape index (κ2) is 4.33. The van der Waals surface area contributed by atoms with Crippen LogP contribution in [0.2, 0.25) is 0 Å². The fourth-order valence-corrected chi connectivity index (χ4v) is 1.88. The quantitative estimate of drug-likeness (QED) is 0.782. The maximum absolute atomic E-state index is 13.5. The zero-order valence-electron chi connectivity index (χ0n) is 7.51. The summed E-state index contributed by atoms with van der Waals surface area (Å²) in [6, 6.07) is 4.71. The molecule has 1 aromatic heterocycles. The monoisotopic (exact) mass is 289 g/mol. The number of benzene rings is 1. The van der Waals surface area contributed by atoms with E-state index in [9.17, 15) is 4.39 Å². The van der Waals surface area contributed by atoms with E-state index in [-0.39, 0.29) is 11.7 Å². The van der Waals surface area contributed by atoms with Crippen LogP contribution in [0.5, 0.6) is 0 Å². The molecule has 2 aromatic rings. The Morgan fingerprint density at radius 1 is 1.47 bits per heavy atom. The summed E-state index contributed by atoms with van der Waals surface area (Å²) in [6.45, 7) is 0. The maximum atomic E-state index is 13.5. The second-order valence-electron chi connectivity index (χ2n) is 2.85. The summed E-state index contributed by atoms with van der Waals surface area (Å²) in [6.07, 6.45) is 1.46. The van der Waals surface area contributed by atoms with Gasteiger partial charge in [-0.15, -0.1) is 11.6 Å². The first-order valence-corrected chi connectivity index (χ1v) is 5.50. The van der Waals surface area contributed by atoms with Gasteiger partial charge in [-0.25, -0.2) is 9.37 Å². The van der Waals surface area contributed by atoms with Crippen molar-refractivity contribution in [3.05, 3.63) is 40.6 Å². The summed E-state index contributed by atoms with van der Waals surface area (Å²) < 4.78 is 19.4. The molecule has 0 spiro atoms. The molecule has 0 saturated heterocycles. The van der Waals surface area contributed by atoms with Crippen molar-refractivity contribution in [3.8, 4) is 11.3 Å². The molecule has 0 radical (unpaired) electrons. The van der Waals surface area contributed by atoms with Gasteiger partial charge < -0.3 is 4.42 Å². The summed E-state index contributed by atoms with van der Waals surface area (Å²) in [5.74, 6) is 0.561. The van der Waals surface area contributed by atoms with Crippen LogP contribution in [-0.2, 0) is 5.88 Å². The summed E-state index contributed by atoms with van der Waals surface area (Å²) in [5, 5.41) is 0. The fourth-order valence-electron chi connectivity index (χ4n) is 1.22. The van der Waals surface area contributed by atoms with Crippen LogP contribution in [0.25, 0.3) is 11.3 Å². The van der Waals surface area contributed by atoms with Crippen molar-refractivity contribution in [2.75, 3.05) is 0 Å². The highest BCUT2D eigenvalue weighted by molar-refractivity contribution is 9.10. The Bertz CT molecular complexity index is 466. The van der Waals surface area contributed by atoms with Crippen LogP contribution in [0.3, 0.4) is 0 Å². The number of rotatable bonds is 2. The van der Waals surface area contributed by atoms with E-state index in [1.165, 1.54) is 12.3 Å².